The fourth-order valence-electron chi connectivity index (χ4n) is 2.81. The minimum absolute atomic E-state index is 0.0168. The van der Waals surface area contributed by atoms with Crippen LogP contribution in [0.15, 0.2) is 24.3 Å². The van der Waals surface area contributed by atoms with Gasteiger partial charge in [-0.3, -0.25) is 9.59 Å². The number of rotatable bonds is 4. The van der Waals surface area contributed by atoms with Gasteiger partial charge in [0.2, 0.25) is 5.91 Å². The predicted molar refractivity (Wildman–Crippen MR) is 76.0 cm³/mol. The molecule has 0 spiro atoms. The van der Waals surface area contributed by atoms with Crippen LogP contribution in [-0.2, 0) is 20.7 Å². The minimum Gasteiger partial charge on any atom is -0.469 e. The number of carbonyl (C=O) groups excluding carboxylic acids is 2. The monoisotopic (exact) mass is 293 g/mol. The molecule has 1 N–H and O–H groups in total. The topological polar surface area (TPSA) is 55.4 Å². The van der Waals surface area contributed by atoms with Crippen LogP contribution >= 0.6 is 0 Å². The first-order valence-electron chi connectivity index (χ1n) is 7.22. The summed E-state index contributed by atoms with van der Waals surface area (Å²) in [6.45, 7) is 0. The third kappa shape index (κ3) is 4.03. The van der Waals surface area contributed by atoms with Crippen molar-refractivity contribution in [3.05, 3.63) is 35.6 Å². The summed E-state index contributed by atoms with van der Waals surface area (Å²) < 4.78 is 18.3. The smallest absolute Gasteiger partial charge is 0.310 e. The zero-order valence-electron chi connectivity index (χ0n) is 12.1. The Morgan fingerprint density at radius 1 is 1.29 bits per heavy atom. The molecule has 1 aromatic carbocycles. The molecule has 4 nitrogen and oxygen atoms in total. The van der Waals surface area contributed by atoms with Gasteiger partial charge in [-0.2, -0.15) is 0 Å². The van der Waals surface area contributed by atoms with E-state index in [9.17, 15) is 14.0 Å². The second-order valence-corrected chi connectivity index (χ2v) is 5.36. The lowest BCUT2D eigenvalue weighted by Gasteiger charge is -2.30. The van der Waals surface area contributed by atoms with Crippen LogP contribution in [0, 0.1) is 11.7 Å². The lowest BCUT2D eigenvalue weighted by Crippen LogP contribution is -2.46. The second kappa shape index (κ2) is 7.20. The maximum Gasteiger partial charge on any atom is 0.310 e. The van der Waals surface area contributed by atoms with Crippen LogP contribution in [0.4, 0.5) is 4.39 Å². The van der Waals surface area contributed by atoms with E-state index in [1.54, 1.807) is 18.2 Å². The SMILES string of the molecule is COC(=O)[C@@H]1CCCC[C@H]1NC(=O)Cc1ccccc1F. The Kier molecular flexibility index (Phi) is 5.31. The van der Waals surface area contributed by atoms with Crippen molar-refractivity contribution in [2.24, 2.45) is 5.92 Å². The molecule has 0 aromatic heterocycles. The normalized spacial score (nSPS) is 21.6. The summed E-state index contributed by atoms with van der Waals surface area (Å²) in [5, 5.41) is 2.85. The number of carbonyl (C=O) groups is 2. The first kappa shape index (κ1) is 15.5. The maximum absolute atomic E-state index is 13.5. The third-order valence-electron chi connectivity index (χ3n) is 3.93. The molecule has 0 radical (unpaired) electrons. The molecule has 0 bridgehead atoms. The lowest BCUT2D eigenvalue weighted by atomic mass is 9.84. The van der Waals surface area contributed by atoms with Gasteiger partial charge in [-0.25, -0.2) is 4.39 Å². The van der Waals surface area contributed by atoms with Gasteiger partial charge in [0.1, 0.15) is 5.82 Å². The molecule has 2 atom stereocenters. The summed E-state index contributed by atoms with van der Waals surface area (Å²) in [5.74, 6) is -1.24. The molecule has 2 rings (SSSR count). The van der Waals surface area contributed by atoms with E-state index < -0.39 is 0 Å². The fraction of sp³-hybridized carbons (Fsp3) is 0.500. The third-order valence-corrected chi connectivity index (χ3v) is 3.93. The van der Waals surface area contributed by atoms with E-state index in [1.165, 1.54) is 13.2 Å². The molecule has 1 saturated carbocycles. The zero-order valence-corrected chi connectivity index (χ0v) is 12.1. The van der Waals surface area contributed by atoms with Gasteiger partial charge in [-0.1, -0.05) is 31.0 Å². The minimum atomic E-state index is -0.388. The van der Waals surface area contributed by atoms with E-state index in [2.05, 4.69) is 5.32 Å². The molecule has 1 fully saturated rings. The summed E-state index contributed by atoms with van der Waals surface area (Å²) >= 11 is 0. The Bertz CT molecular complexity index is 518. The van der Waals surface area contributed by atoms with Crippen molar-refractivity contribution in [3.8, 4) is 0 Å². The van der Waals surface area contributed by atoms with E-state index in [0.717, 1.165) is 25.7 Å². The standard InChI is InChI=1S/C16H20FNO3/c1-21-16(20)12-7-3-5-9-14(12)18-15(19)10-11-6-2-4-8-13(11)17/h2,4,6,8,12,14H,3,5,7,9-10H2,1H3,(H,18,19)/t12-,14-/m1/s1. The predicted octanol–water partition coefficient (Wildman–Crippen LogP) is 2.22. The van der Waals surface area contributed by atoms with E-state index >= 15 is 0 Å². The molecule has 1 aromatic rings. The average Bonchev–Trinajstić information content (AvgIpc) is 2.49. The van der Waals surface area contributed by atoms with Gasteiger partial charge in [-0.15, -0.1) is 0 Å². The summed E-state index contributed by atoms with van der Waals surface area (Å²) in [6, 6.07) is 5.99. The van der Waals surface area contributed by atoms with E-state index in [0.29, 0.717) is 5.56 Å². The van der Waals surface area contributed by atoms with Crippen molar-refractivity contribution in [1.82, 2.24) is 5.32 Å². The van der Waals surface area contributed by atoms with E-state index in [-0.39, 0.29) is 36.1 Å². The highest BCUT2D eigenvalue weighted by atomic mass is 19.1. The maximum atomic E-state index is 13.5. The molecule has 1 aliphatic rings. The Morgan fingerprint density at radius 3 is 2.71 bits per heavy atom. The number of amides is 1. The molecule has 0 unspecified atom stereocenters. The molecule has 21 heavy (non-hydrogen) atoms. The first-order chi connectivity index (χ1) is 10.1. The molecule has 1 amide bonds. The van der Waals surface area contributed by atoms with Crippen LogP contribution in [0.5, 0.6) is 0 Å². The Labute approximate surface area is 123 Å². The second-order valence-electron chi connectivity index (χ2n) is 5.36. The highest BCUT2D eigenvalue weighted by Gasteiger charge is 2.32. The van der Waals surface area contributed by atoms with Crippen molar-refractivity contribution >= 4 is 11.9 Å². The van der Waals surface area contributed by atoms with Gasteiger partial charge in [0.25, 0.3) is 0 Å². The highest BCUT2D eigenvalue weighted by molar-refractivity contribution is 5.80. The van der Waals surface area contributed by atoms with Crippen LogP contribution in [0.3, 0.4) is 0 Å². The number of ether oxygens (including phenoxy) is 1. The number of methoxy groups -OCH3 is 1. The summed E-state index contributed by atoms with van der Waals surface area (Å²) in [4.78, 5) is 23.8. The van der Waals surface area contributed by atoms with Crippen LogP contribution < -0.4 is 5.32 Å². The molecular weight excluding hydrogens is 273 g/mol. The number of halogens is 1. The van der Waals surface area contributed by atoms with Crippen LogP contribution in [-0.4, -0.2) is 25.0 Å². The summed E-state index contributed by atoms with van der Waals surface area (Å²) in [7, 11) is 1.36. The molecule has 0 heterocycles. The average molecular weight is 293 g/mol. The van der Waals surface area contributed by atoms with E-state index in [1.807, 2.05) is 0 Å². The van der Waals surface area contributed by atoms with Gasteiger partial charge in [0, 0.05) is 6.04 Å². The van der Waals surface area contributed by atoms with Crippen molar-refractivity contribution in [2.45, 2.75) is 38.1 Å². The van der Waals surface area contributed by atoms with Gasteiger partial charge >= 0.3 is 5.97 Å². The number of hydrogen-bond donors (Lipinski definition) is 1. The van der Waals surface area contributed by atoms with Crippen LogP contribution in [0.1, 0.15) is 31.2 Å². The number of hydrogen-bond acceptors (Lipinski definition) is 3. The van der Waals surface area contributed by atoms with Crippen molar-refractivity contribution in [1.29, 1.82) is 0 Å². The van der Waals surface area contributed by atoms with Crippen LogP contribution in [0.2, 0.25) is 0 Å². The fourth-order valence-corrected chi connectivity index (χ4v) is 2.81. The molecular formula is C16H20FNO3. The highest BCUT2D eigenvalue weighted by Crippen LogP contribution is 2.25. The van der Waals surface area contributed by atoms with Crippen molar-refractivity contribution in [2.75, 3.05) is 7.11 Å². The van der Waals surface area contributed by atoms with Crippen molar-refractivity contribution < 1.29 is 18.7 Å². The molecule has 0 aliphatic heterocycles. The first-order valence-corrected chi connectivity index (χ1v) is 7.22. The lowest BCUT2D eigenvalue weighted by molar-refractivity contribution is -0.147. The Balaban J connectivity index is 1.97. The number of benzene rings is 1. The molecule has 1 aliphatic carbocycles. The van der Waals surface area contributed by atoms with Gasteiger partial charge in [0.05, 0.1) is 19.4 Å². The summed E-state index contributed by atoms with van der Waals surface area (Å²) in [6.07, 6.45) is 3.38. The number of nitrogens with one attached hydrogen (secondary N) is 1. The molecule has 5 heteroatoms. The van der Waals surface area contributed by atoms with E-state index in [4.69, 9.17) is 4.74 Å². The Morgan fingerprint density at radius 2 is 2.00 bits per heavy atom. The Hall–Kier alpha value is -1.91. The largest absolute Gasteiger partial charge is 0.469 e. The zero-order chi connectivity index (χ0) is 15.2. The quantitative estimate of drug-likeness (QED) is 0.866. The van der Waals surface area contributed by atoms with Gasteiger partial charge in [0.15, 0.2) is 0 Å². The molecule has 0 saturated heterocycles. The van der Waals surface area contributed by atoms with Gasteiger partial charge < -0.3 is 10.1 Å². The van der Waals surface area contributed by atoms with Crippen molar-refractivity contribution in [3.63, 3.8) is 0 Å². The number of esters is 1. The van der Waals surface area contributed by atoms with Crippen LogP contribution in [0.25, 0.3) is 0 Å². The molecule has 114 valence electrons. The summed E-state index contributed by atoms with van der Waals surface area (Å²) in [5.41, 5.74) is 0.362. The van der Waals surface area contributed by atoms with Gasteiger partial charge in [-0.05, 0) is 24.5 Å².